The first-order valence-electron chi connectivity index (χ1n) is 5.90. The summed E-state index contributed by atoms with van der Waals surface area (Å²) in [5.74, 6) is 0. The van der Waals surface area contributed by atoms with Gasteiger partial charge in [0, 0.05) is 22.7 Å². The number of halogens is 1. The maximum absolute atomic E-state index is 9.72. The van der Waals surface area contributed by atoms with E-state index >= 15 is 0 Å². The molecule has 0 bridgehead atoms. The van der Waals surface area contributed by atoms with Crippen LogP contribution in [0.25, 0.3) is 10.9 Å². The first-order chi connectivity index (χ1) is 8.67. The lowest BCUT2D eigenvalue weighted by molar-refractivity contribution is -0.0234. The number of aromatic amines is 1. The standard InChI is InChI=1S/C13H14ClNO3/c14-8-2-1-7-3-10(15-9(7)4-8)12-5-11(17)13(6-16)18-12/h1-4,11-13,15-17H,5-6H2/t11-,12+,13+/m0/s1. The SMILES string of the molecule is OC[C@H]1O[C@@H](c2cc3ccc(Cl)cc3[nH]2)C[C@@H]1O. The smallest absolute Gasteiger partial charge is 0.107 e. The number of nitrogens with one attached hydrogen (secondary N) is 1. The van der Waals surface area contributed by atoms with Gasteiger partial charge in [0.25, 0.3) is 0 Å². The molecule has 0 aliphatic carbocycles. The Morgan fingerprint density at radius 1 is 1.39 bits per heavy atom. The minimum atomic E-state index is -0.616. The maximum Gasteiger partial charge on any atom is 0.107 e. The molecule has 4 nitrogen and oxygen atoms in total. The molecule has 0 unspecified atom stereocenters. The number of fused-ring (bicyclic) bond motifs is 1. The zero-order chi connectivity index (χ0) is 12.7. The highest BCUT2D eigenvalue weighted by Gasteiger charge is 2.34. The summed E-state index contributed by atoms with van der Waals surface area (Å²) in [7, 11) is 0. The second-order valence-corrected chi connectivity index (χ2v) is 5.04. The molecule has 0 saturated carbocycles. The highest BCUT2D eigenvalue weighted by atomic mass is 35.5. The lowest BCUT2D eigenvalue weighted by Crippen LogP contribution is -2.24. The molecule has 1 saturated heterocycles. The average Bonchev–Trinajstić information content (AvgIpc) is 2.91. The van der Waals surface area contributed by atoms with Gasteiger partial charge in [0.15, 0.2) is 0 Å². The topological polar surface area (TPSA) is 65.5 Å². The van der Waals surface area contributed by atoms with Gasteiger partial charge in [0.05, 0.1) is 12.7 Å². The molecule has 3 rings (SSSR count). The Bertz CT molecular complexity index is 568. The van der Waals surface area contributed by atoms with E-state index < -0.39 is 12.2 Å². The van der Waals surface area contributed by atoms with Crippen molar-refractivity contribution in [2.45, 2.75) is 24.7 Å². The van der Waals surface area contributed by atoms with Crippen LogP contribution in [0.3, 0.4) is 0 Å². The molecule has 18 heavy (non-hydrogen) atoms. The number of H-pyrrole nitrogens is 1. The lowest BCUT2D eigenvalue weighted by atomic mass is 10.1. The van der Waals surface area contributed by atoms with E-state index in [4.69, 9.17) is 21.4 Å². The first kappa shape index (κ1) is 12.0. The second kappa shape index (κ2) is 4.55. The molecule has 3 N–H and O–H groups in total. The molecule has 2 heterocycles. The number of rotatable bonds is 2. The zero-order valence-electron chi connectivity index (χ0n) is 9.64. The van der Waals surface area contributed by atoms with Crippen molar-refractivity contribution >= 4 is 22.5 Å². The molecule has 3 atom stereocenters. The van der Waals surface area contributed by atoms with E-state index in [1.807, 2.05) is 24.3 Å². The predicted molar refractivity (Wildman–Crippen MR) is 68.6 cm³/mol. The van der Waals surface area contributed by atoms with Crippen molar-refractivity contribution in [3.05, 3.63) is 35.0 Å². The van der Waals surface area contributed by atoms with E-state index in [-0.39, 0.29) is 12.7 Å². The number of hydrogen-bond acceptors (Lipinski definition) is 3. The van der Waals surface area contributed by atoms with Crippen molar-refractivity contribution in [1.82, 2.24) is 4.98 Å². The van der Waals surface area contributed by atoms with Gasteiger partial charge in [0.2, 0.25) is 0 Å². The molecular weight excluding hydrogens is 254 g/mol. The van der Waals surface area contributed by atoms with Crippen LogP contribution in [0.2, 0.25) is 5.02 Å². The van der Waals surface area contributed by atoms with Gasteiger partial charge in [-0.15, -0.1) is 0 Å². The number of aliphatic hydroxyl groups is 2. The normalized spacial score (nSPS) is 28.1. The Hall–Kier alpha value is -1.07. The molecule has 0 spiro atoms. The fourth-order valence-corrected chi connectivity index (χ4v) is 2.56. The molecule has 2 aromatic rings. The molecule has 0 amide bonds. The summed E-state index contributed by atoms with van der Waals surface area (Å²) in [6.45, 7) is -0.163. The Kier molecular flexibility index (Phi) is 3.03. The first-order valence-corrected chi connectivity index (χ1v) is 6.27. The van der Waals surface area contributed by atoms with E-state index in [0.29, 0.717) is 11.4 Å². The Labute approximate surface area is 109 Å². The largest absolute Gasteiger partial charge is 0.394 e. The fraction of sp³-hybridized carbons (Fsp3) is 0.385. The van der Waals surface area contributed by atoms with Crippen molar-refractivity contribution in [3.8, 4) is 0 Å². The van der Waals surface area contributed by atoms with E-state index in [2.05, 4.69) is 4.98 Å². The minimum Gasteiger partial charge on any atom is -0.394 e. The quantitative estimate of drug-likeness (QED) is 0.780. The van der Waals surface area contributed by atoms with Crippen molar-refractivity contribution in [2.24, 2.45) is 0 Å². The molecule has 1 aliphatic rings. The van der Waals surface area contributed by atoms with Crippen molar-refractivity contribution in [1.29, 1.82) is 0 Å². The highest BCUT2D eigenvalue weighted by Crippen LogP contribution is 2.34. The van der Waals surface area contributed by atoms with Crippen LogP contribution in [0.5, 0.6) is 0 Å². The summed E-state index contributed by atoms with van der Waals surface area (Å²) in [4.78, 5) is 3.24. The van der Waals surface area contributed by atoms with Crippen molar-refractivity contribution < 1.29 is 14.9 Å². The van der Waals surface area contributed by atoms with Gasteiger partial charge in [-0.3, -0.25) is 0 Å². The molecule has 1 aliphatic heterocycles. The lowest BCUT2D eigenvalue weighted by Gasteiger charge is -2.10. The van der Waals surface area contributed by atoms with Gasteiger partial charge in [-0.1, -0.05) is 17.7 Å². The van der Waals surface area contributed by atoms with E-state index in [1.165, 1.54) is 0 Å². The Balaban J connectivity index is 1.91. The van der Waals surface area contributed by atoms with Gasteiger partial charge in [-0.2, -0.15) is 0 Å². The third kappa shape index (κ3) is 2.01. The minimum absolute atomic E-state index is 0.163. The van der Waals surface area contributed by atoms with Gasteiger partial charge in [-0.25, -0.2) is 0 Å². The fourth-order valence-electron chi connectivity index (χ4n) is 2.39. The number of benzene rings is 1. The highest BCUT2D eigenvalue weighted by molar-refractivity contribution is 6.31. The van der Waals surface area contributed by atoms with Gasteiger partial charge in [0.1, 0.15) is 12.2 Å². The van der Waals surface area contributed by atoms with Crippen LogP contribution in [-0.4, -0.2) is 34.0 Å². The van der Waals surface area contributed by atoms with Crippen molar-refractivity contribution in [2.75, 3.05) is 6.61 Å². The molecular formula is C13H14ClNO3. The van der Waals surface area contributed by atoms with E-state index in [1.54, 1.807) is 0 Å². The van der Waals surface area contributed by atoms with Gasteiger partial charge >= 0.3 is 0 Å². The van der Waals surface area contributed by atoms with Crippen molar-refractivity contribution in [3.63, 3.8) is 0 Å². The van der Waals surface area contributed by atoms with Crippen LogP contribution in [-0.2, 0) is 4.74 Å². The predicted octanol–water partition coefficient (Wildman–Crippen LogP) is 2.00. The van der Waals surface area contributed by atoms with Crippen LogP contribution >= 0.6 is 11.6 Å². The summed E-state index contributed by atoms with van der Waals surface area (Å²) < 4.78 is 5.60. The van der Waals surface area contributed by atoms with Crippen LogP contribution in [0, 0.1) is 0 Å². The van der Waals surface area contributed by atoms with Crippen LogP contribution in [0.4, 0.5) is 0 Å². The van der Waals surface area contributed by atoms with E-state index in [9.17, 15) is 5.11 Å². The summed E-state index contributed by atoms with van der Waals surface area (Å²) in [6.07, 6.45) is -0.825. The maximum atomic E-state index is 9.72. The average molecular weight is 268 g/mol. The number of ether oxygens (including phenoxy) is 1. The molecule has 1 aromatic carbocycles. The molecule has 1 aromatic heterocycles. The van der Waals surface area contributed by atoms with Crippen LogP contribution in [0.1, 0.15) is 18.2 Å². The monoisotopic (exact) mass is 267 g/mol. The summed E-state index contributed by atoms with van der Waals surface area (Å²) in [5.41, 5.74) is 1.85. The molecule has 5 heteroatoms. The summed E-state index contributed by atoms with van der Waals surface area (Å²) in [5, 5.41) is 20.5. The zero-order valence-corrected chi connectivity index (χ0v) is 10.4. The van der Waals surface area contributed by atoms with Crippen LogP contribution in [0.15, 0.2) is 24.3 Å². The number of aliphatic hydroxyl groups excluding tert-OH is 2. The number of aromatic nitrogens is 1. The van der Waals surface area contributed by atoms with Gasteiger partial charge < -0.3 is 19.9 Å². The number of hydrogen-bond donors (Lipinski definition) is 3. The second-order valence-electron chi connectivity index (χ2n) is 4.61. The third-order valence-corrected chi connectivity index (χ3v) is 3.59. The third-order valence-electron chi connectivity index (χ3n) is 3.36. The van der Waals surface area contributed by atoms with Gasteiger partial charge in [-0.05, 0) is 23.6 Å². The molecule has 0 radical (unpaired) electrons. The Morgan fingerprint density at radius 3 is 2.94 bits per heavy atom. The Morgan fingerprint density at radius 2 is 2.22 bits per heavy atom. The van der Waals surface area contributed by atoms with Crippen LogP contribution < -0.4 is 0 Å². The molecule has 1 fully saturated rings. The summed E-state index contributed by atoms with van der Waals surface area (Å²) in [6, 6.07) is 7.62. The summed E-state index contributed by atoms with van der Waals surface area (Å²) >= 11 is 5.93. The van der Waals surface area contributed by atoms with E-state index in [0.717, 1.165) is 16.6 Å². The molecule has 96 valence electrons.